The van der Waals surface area contributed by atoms with Gasteiger partial charge >= 0.3 is 0 Å². The van der Waals surface area contributed by atoms with E-state index in [1.54, 1.807) is 0 Å². The Hall–Kier alpha value is -1.40. The van der Waals surface area contributed by atoms with E-state index >= 15 is 0 Å². The van der Waals surface area contributed by atoms with Crippen molar-refractivity contribution in [1.82, 2.24) is 9.88 Å². The van der Waals surface area contributed by atoms with Crippen LogP contribution in [0.15, 0.2) is 28.7 Å². The van der Waals surface area contributed by atoms with Gasteiger partial charge < -0.3 is 13.9 Å². The van der Waals surface area contributed by atoms with Crippen LogP contribution < -0.4 is 0 Å². The molecule has 6 heteroatoms. The molecule has 0 saturated carbocycles. The molecule has 1 aliphatic heterocycles. The molecule has 0 bridgehead atoms. The van der Waals surface area contributed by atoms with Crippen LogP contribution in [0.4, 0.5) is 0 Å². The number of oxazole rings is 1. The molecule has 1 aromatic carbocycles. The number of aryl methyl sites for hydroxylation is 1. The molecule has 1 saturated heterocycles. The molecule has 0 aliphatic carbocycles. The Morgan fingerprint density at radius 2 is 2.13 bits per heavy atom. The summed E-state index contributed by atoms with van der Waals surface area (Å²) >= 11 is 6.21. The quantitative estimate of drug-likeness (QED) is 0.839. The van der Waals surface area contributed by atoms with E-state index in [4.69, 9.17) is 25.5 Å². The maximum absolute atomic E-state index is 6.21. The smallest absolute Gasteiger partial charge is 0.228 e. The first-order valence-electron chi connectivity index (χ1n) is 7.72. The van der Waals surface area contributed by atoms with Gasteiger partial charge in [-0.1, -0.05) is 23.7 Å². The second-order valence-electron chi connectivity index (χ2n) is 5.77. The molecule has 23 heavy (non-hydrogen) atoms. The lowest BCUT2D eigenvalue weighted by atomic mass is 10.2. The molecule has 2 aromatic rings. The third-order valence-corrected chi connectivity index (χ3v) is 4.15. The van der Waals surface area contributed by atoms with Gasteiger partial charge in [0.2, 0.25) is 5.89 Å². The highest BCUT2D eigenvalue weighted by Crippen LogP contribution is 2.28. The van der Waals surface area contributed by atoms with Crippen LogP contribution >= 0.6 is 11.6 Å². The van der Waals surface area contributed by atoms with Crippen molar-refractivity contribution >= 4 is 11.6 Å². The van der Waals surface area contributed by atoms with Crippen molar-refractivity contribution in [3.63, 3.8) is 0 Å². The van der Waals surface area contributed by atoms with E-state index in [9.17, 15) is 0 Å². The van der Waals surface area contributed by atoms with Crippen molar-refractivity contribution < 1.29 is 13.9 Å². The fraction of sp³-hybridized carbons (Fsp3) is 0.471. The van der Waals surface area contributed by atoms with E-state index < -0.39 is 0 Å². The van der Waals surface area contributed by atoms with Crippen LogP contribution in [0.3, 0.4) is 0 Å². The molecule has 1 aliphatic rings. The fourth-order valence-corrected chi connectivity index (χ4v) is 2.85. The molecule has 1 atom stereocenters. The zero-order chi connectivity index (χ0) is 16.2. The first-order chi connectivity index (χ1) is 11.1. The lowest BCUT2D eigenvalue weighted by Gasteiger charge is -2.27. The van der Waals surface area contributed by atoms with Crippen molar-refractivity contribution in [3.05, 3.63) is 40.7 Å². The number of hydrogen-bond donors (Lipinski definition) is 0. The normalized spacial score (nSPS) is 18.5. The Morgan fingerprint density at radius 1 is 1.30 bits per heavy atom. The number of nitrogens with zero attached hydrogens (tertiary/aromatic N) is 2. The maximum atomic E-state index is 6.21. The molecule has 0 spiro atoms. The van der Waals surface area contributed by atoms with Crippen LogP contribution in [0, 0.1) is 6.92 Å². The summed E-state index contributed by atoms with van der Waals surface area (Å²) in [4.78, 5) is 6.78. The molecule has 3 rings (SSSR count). The summed E-state index contributed by atoms with van der Waals surface area (Å²) in [6.07, 6.45) is 0.115. The van der Waals surface area contributed by atoms with E-state index in [1.807, 2.05) is 38.2 Å². The van der Waals surface area contributed by atoms with Gasteiger partial charge in [0.1, 0.15) is 5.76 Å². The third-order valence-electron chi connectivity index (χ3n) is 3.82. The first-order valence-corrected chi connectivity index (χ1v) is 8.10. The Kier molecular flexibility index (Phi) is 5.33. The predicted molar refractivity (Wildman–Crippen MR) is 88.6 cm³/mol. The number of hydrogen-bond acceptors (Lipinski definition) is 5. The minimum absolute atomic E-state index is 0.115. The summed E-state index contributed by atoms with van der Waals surface area (Å²) in [7, 11) is 2.04. The topological polar surface area (TPSA) is 47.7 Å². The van der Waals surface area contributed by atoms with Crippen LogP contribution in [0.1, 0.15) is 11.5 Å². The molecule has 1 aromatic heterocycles. The molecular formula is C17H21ClN2O3. The third kappa shape index (κ3) is 4.12. The van der Waals surface area contributed by atoms with Gasteiger partial charge in [-0.05, 0) is 26.1 Å². The van der Waals surface area contributed by atoms with Crippen molar-refractivity contribution in [2.45, 2.75) is 19.6 Å². The number of likely N-dealkylation sites (N-methyl/N-ethyl adjacent to an activating group) is 1. The number of rotatable bonds is 5. The molecule has 0 unspecified atom stereocenters. The van der Waals surface area contributed by atoms with Crippen LogP contribution in [0.2, 0.25) is 5.02 Å². The van der Waals surface area contributed by atoms with Crippen molar-refractivity contribution in [2.24, 2.45) is 0 Å². The van der Waals surface area contributed by atoms with Crippen molar-refractivity contribution in [3.8, 4) is 11.5 Å². The standard InChI is InChI=1S/C17H21ClN2O3/c1-12-16(10-20(2)9-13-11-21-7-8-22-13)19-17(23-12)14-5-3-4-6-15(14)18/h3-6,13H,7-11H2,1-2H3/t13-/m1/s1. The zero-order valence-corrected chi connectivity index (χ0v) is 14.2. The second-order valence-corrected chi connectivity index (χ2v) is 6.17. The molecular weight excluding hydrogens is 316 g/mol. The Labute approximate surface area is 141 Å². The summed E-state index contributed by atoms with van der Waals surface area (Å²) in [5.41, 5.74) is 1.73. The SMILES string of the molecule is Cc1oc(-c2ccccc2Cl)nc1CN(C)C[C@@H]1COCCO1. The van der Waals surface area contributed by atoms with Gasteiger partial charge in [0.25, 0.3) is 0 Å². The zero-order valence-electron chi connectivity index (χ0n) is 13.4. The van der Waals surface area contributed by atoms with Gasteiger partial charge in [0, 0.05) is 13.1 Å². The minimum atomic E-state index is 0.115. The summed E-state index contributed by atoms with van der Waals surface area (Å²) < 4.78 is 16.9. The van der Waals surface area contributed by atoms with E-state index in [-0.39, 0.29) is 6.10 Å². The van der Waals surface area contributed by atoms with Crippen LogP contribution in [-0.4, -0.2) is 49.4 Å². The van der Waals surface area contributed by atoms with Gasteiger partial charge in [0.15, 0.2) is 0 Å². The number of benzene rings is 1. The maximum Gasteiger partial charge on any atom is 0.228 e. The lowest BCUT2D eigenvalue weighted by Crippen LogP contribution is -2.38. The molecule has 0 N–H and O–H groups in total. The molecule has 0 amide bonds. The lowest BCUT2D eigenvalue weighted by molar-refractivity contribution is -0.0963. The number of halogens is 1. The molecule has 5 nitrogen and oxygen atoms in total. The highest BCUT2D eigenvalue weighted by molar-refractivity contribution is 6.33. The van der Waals surface area contributed by atoms with Gasteiger partial charge in [0.05, 0.1) is 42.2 Å². The number of aromatic nitrogens is 1. The summed E-state index contributed by atoms with van der Waals surface area (Å²) in [6, 6.07) is 7.56. The molecule has 0 radical (unpaired) electrons. The largest absolute Gasteiger partial charge is 0.441 e. The van der Waals surface area contributed by atoms with Crippen LogP contribution in [0.5, 0.6) is 0 Å². The van der Waals surface area contributed by atoms with Crippen LogP contribution in [-0.2, 0) is 16.0 Å². The predicted octanol–water partition coefficient (Wildman–Crippen LogP) is 3.15. The van der Waals surface area contributed by atoms with E-state index in [0.717, 1.165) is 23.6 Å². The highest BCUT2D eigenvalue weighted by Gasteiger charge is 2.19. The molecule has 1 fully saturated rings. The van der Waals surface area contributed by atoms with Crippen molar-refractivity contribution in [1.29, 1.82) is 0 Å². The van der Waals surface area contributed by atoms with Gasteiger partial charge in [-0.2, -0.15) is 0 Å². The highest BCUT2D eigenvalue weighted by atomic mass is 35.5. The van der Waals surface area contributed by atoms with Crippen LogP contribution in [0.25, 0.3) is 11.5 Å². The second kappa shape index (κ2) is 7.45. The van der Waals surface area contributed by atoms with Crippen molar-refractivity contribution in [2.75, 3.05) is 33.4 Å². The summed E-state index contributed by atoms with van der Waals surface area (Å²) in [5.74, 6) is 1.38. The Balaban J connectivity index is 1.67. The van der Waals surface area contributed by atoms with Gasteiger partial charge in [-0.25, -0.2) is 4.98 Å². The molecule has 124 valence electrons. The van der Waals surface area contributed by atoms with E-state index in [0.29, 0.717) is 37.3 Å². The summed E-state index contributed by atoms with van der Waals surface area (Å²) in [6.45, 7) is 5.42. The Morgan fingerprint density at radius 3 is 2.87 bits per heavy atom. The fourth-order valence-electron chi connectivity index (χ4n) is 2.63. The monoisotopic (exact) mass is 336 g/mol. The van der Waals surface area contributed by atoms with E-state index in [1.165, 1.54) is 0 Å². The minimum Gasteiger partial charge on any atom is -0.441 e. The average molecular weight is 337 g/mol. The first kappa shape index (κ1) is 16.5. The molecule has 2 heterocycles. The average Bonchev–Trinajstić information content (AvgIpc) is 2.89. The number of ether oxygens (including phenoxy) is 2. The van der Waals surface area contributed by atoms with Gasteiger partial charge in [-0.15, -0.1) is 0 Å². The Bertz CT molecular complexity index is 653. The summed E-state index contributed by atoms with van der Waals surface area (Å²) in [5, 5.41) is 0.640. The van der Waals surface area contributed by atoms with Gasteiger partial charge in [-0.3, -0.25) is 4.90 Å². The van der Waals surface area contributed by atoms with E-state index in [2.05, 4.69) is 9.88 Å².